The molecular weight excluding hydrogens is 484 g/mol. The molecule has 0 atom stereocenters. The lowest BCUT2D eigenvalue weighted by Gasteiger charge is -2.14. The second-order valence-electron chi connectivity index (χ2n) is 6.72. The van der Waals surface area contributed by atoms with Crippen LogP contribution in [0.1, 0.15) is 16.7 Å². The van der Waals surface area contributed by atoms with Gasteiger partial charge in [-0.05, 0) is 54.4 Å². The maximum atomic E-state index is 12.9. The fraction of sp³-hybridized carbons (Fsp3) is 0.136. The maximum Gasteiger partial charge on any atom is 0.416 e. The molecular formula is C22H15Cl2F3N2O4. The lowest BCUT2D eigenvalue weighted by molar-refractivity contribution is -0.385. The molecule has 0 saturated heterocycles. The van der Waals surface area contributed by atoms with Crippen molar-refractivity contribution in [2.24, 2.45) is 4.99 Å². The van der Waals surface area contributed by atoms with E-state index in [9.17, 15) is 23.3 Å². The number of nitrogens with zero attached hydrogens (tertiary/aromatic N) is 2. The summed E-state index contributed by atoms with van der Waals surface area (Å²) >= 11 is 12.4. The SMILES string of the molecule is COc1cc(C=Nc2cccc(Cl)c2C)cc(Cl)c1Oc1ccc(C(F)(F)F)cc1[N+](=O)[O-]. The standard InChI is InChI=1S/C22H15Cl2F3N2O4/c1-12-15(23)4-3-5-17(12)28-11-13-8-16(24)21(20(9-13)32-2)33-19-7-6-14(22(25,26)27)10-18(19)29(30)31/h3-11H,1-2H3. The quantitative estimate of drug-likeness (QED) is 0.197. The Balaban J connectivity index is 1.98. The summed E-state index contributed by atoms with van der Waals surface area (Å²) < 4.78 is 49.6. The van der Waals surface area contributed by atoms with Crippen molar-refractivity contribution < 1.29 is 27.6 Å². The fourth-order valence-corrected chi connectivity index (χ4v) is 3.25. The summed E-state index contributed by atoms with van der Waals surface area (Å²) in [4.78, 5) is 14.7. The van der Waals surface area contributed by atoms with Gasteiger partial charge in [-0.3, -0.25) is 15.1 Å². The first-order valence-corrected chi connectivity index (χ1v) is 9.97. The monoisotopic (exact) mass is 498 g/mol. The number of methoxy groups -OCH3 is 1. The lowest BCUT2D eigenvalue weighted by Crippen LogP contribution is -2.06. The molecule has 3 rings (SSSR count). The Kier molecular flexibility index (Phi) is 7.14. The molecule has 0 radical (unpaired) electrons. The minimum Gasteiger partial charge on any atom is -0.493 e. The molecule has 6 nitrogen and oxygen atoms in total. The van der Waals surface area contributed by atoms with Gasteiger partial charge in [0.05, 0.1) is 28.3 Å². The van der Waals surface area contributed by atoms with E-state index < -0.39 is 28.1 Å². The van der Waals surface area contributed by atoms with E-state index in [0.717, 1.165) is 11.6 Å². The first-order chi connectivity index (χ1) is 15.5. The van der Waals surface area contributed by atoms with Gasteiger partial charge in [0.15, 0.2) is 11.5 Å². The second-order valence-corrected chi connectivity index (χ2v) is 7.53. The number of ether oxygens (including phenoxy) is 2. The highest BCUT2D eigenvalue weighted by Gasteiger charge is 2.33. The number of nitro benzene ring substituents is 1. The van der Waals surface area contributed by atoms with Gasteiger partial charge in [-0.15, -0.1) is 0 Å². The number of benzene rings is 3. The number of hydrogen-bond donors (Lipinski definition) is 0. The molecule has 33 heavy (non-hydrogen) atoms. The van der Waals surface area contributed by atoms with Gasteiger partial charge in [-0.2, -0.15) is 13.2 Å². The van der Waals surface area contributed by atoms with Crippen LogP contribution in [-0.2, 0) is 6.18 Å². The van der Waals surface area contributed by atoms with Crippen molar-refractivity contribution in [3.05, 3.63) is 85.4 Å². The second kappa shape index (κ2) is 9.68. The zero-order valence-corrected chi connectivity index (χ0v) is 18.6. The van der Waals surface area contributed by atoms with Crippen molar-refractivity contribution in [1.29, 1.82) is 0 Å². The minimum absolute atomic E-state index is 0.00723. The van der Waals surface area contributed by atoms with Crippen molar-refractivity contribution in [3.8, 4) is 17.2 Å². The average molecular weight is 499 g/mol. The van der Waals surface area contributed by atoms with E-state index in [2.05, 4.69) is 4.99 Å². The van der Waals surface area contributed by atoms with Crippen LogP contribution in [0.15, 0.2) is 53.5 Å². The molecule has 0 unspecified atom stereocenters. The van der Waals surface area contributed by atoms with Gasteiger partial charge in [0.25, 0.3) is 0 Å². The summed E-state index contributed by atoms with van der Waals surface area (Å²) in [6, 6.07) is 10.2. The van der Waals surface area contributed by atoms with E-state index in [0.29, 0.717) is 28.4 Å². The number of halogens is 5. The number of hydrogen-bond acceptors (Lipinski definition) is 5. The van der Waals surface area contributed by atoms with E-state index in [1.54, 1.807) is 18.2 Å². The molecule has 0 aliphatic carbocycles. The summed E-state index contributed by atoms with van der Waals surface area (Å²) in [6.07, 6.45) is -3.24. The summed E-state index contributed by atoms with van der Waals surface area (Å²) in [5.74, 6) is -0.428. The highest BCUT2D eigenvalue weighted by atomic mass is 35.5. The molecule has 0 amide bonds. The number of rotatable bonds is 6. The molecule has 0 aliphatic heterocycles. The molecule has 0 spiro atoms. The van der Waals surface area contributed by atoms with E-state index in [-0.39, 0.29) is 16.5 Å². The number of nitro groups is 1. The van der Waals surface area contributed by atoms with E-state index in [1.807, 2.05) is 6.92 Å². The van der Waals surface area contributed by atoms with Crippen molar-refractivity contribution in [2.45, 2.75) is 13.1 Å². The summed E-state index contributed by atoms with van der Waals surface area (Å²) in [7, 11) is 1.32. The Morgan fingerprint density at radius 2 is 1.79 bits per heavy atom. The van der Waals surface area contributed by atoms with Gasteiger partial charge in [0.1, 0.15) is 0 Å². The van der Waals surface area contributed by atoms with Crippen LogP contribution in [0.5, 0.6) is 17.2 Å². The molecule has 0 saturated carbocycles. The Morgan fingerprint density at radius 1 is 1.06 bits per heavy atom. The Labute approximate surface area is 196 Å². The zero-order valence-electron chi connectivity index (χ0n) is 17.1. The van der Waals surface area contributed by atoms with Crippen LogP contribution in [0.3, 0.4) is 0 Å². The van der Waals surface area contributed by atoms with Crippen molar-refractivity contribution in [3.63, 3.8) is 0 Å². The predicted octanol–water partition coefficient (Wildman–Crippen LogP) is 7.78. The molecule has 3 aromatic rings. The summed E-state index contributed by atoms with van der Waals surface area (Å²) in [5, 5.41) is 11.9. The number of alkyl halides is 3. The highest BCUT2D eigenvalue weighted by Crippen LogP contribution is 2.43. The molecule has 11 heteroatoms. The highest BCUT2D eigenvalue weighted by molar-refractivity contribution is 6.32. The molecule has 0 heterocycles. The van der Waals surface area contributed by atoms with Crippen molar-refractivity contribution in [2.75, 3.05) is 7.11 Å². The Morgan fingerprint density at radius 3 is 2.42 bits per heavy atom. The number of aliphatic imine (C=N–C) groups is 1. The summed E-state index contributed by atoms with van der Waals surface area (Å²) in [6.45, 7) is 1.82. The topological polar surface area (TPSA) is 74.0 Å². The first kappa shape index (κ1) is 24.3. The summed E-state index contributed by atoms with van der Waals surface area (Å²) in [5.41, 5.74) is -0.112. The Hall–Kier alpha value is -3.30. The van der Waals surface area contributed by atoms with Crippen LogP contribution in [0.2, 0.25) is 10.0 Å². The van der Waals surface area contributed by atoms with Crippen LogP contribution < -0.4 is 9.47 Å². The first-order valence-electron chi connectivity index (χ1n) is 9.21. The third kappa shape index (κ3) is 5.55. The molecule has 172 valence electrons. The largest absolute Gasteiger partial charge is 0.493 e. The van der Waals surface area contributed by atoms with E-state index in [4.69, 9.17) is 32.7 Å². The lowest BCUT2D eigenvalue weighted by atomic mass is 10.1. The molecule has 0 aromatic heterocycles. The molecule has 3 aromatic carbocycles. The van der Waals surface area contributed by atoms with Crippen LogP contribution in [0, 0.1) is 17.0 Å². The molecule has 0 N–H and O–H groups in total. The maximum absolute atomic E-state index is 12.9. The van der Waals surface area contributed by atoms with Crippen LogP contribution >= 0.6 is 23.2 Å². The fourth-order valence-electron chi connectivity index (χ4n) is 2.83. The van der Waals surface area contributed by atoms with Gasteiger partial charge >= 0.3 is 11.9 Å². The minimum atomic E-state index is -4.75. The third-order valence-corrected chi connectivity index (χ3v) is 5.23. The van der Waals surface area contributed by atoms with Crippen LogP contribution in [0.25, 0.3) is 0 Å². The van der Waals surface area contributed by atoms with E-state index >= 15 is 0 Å². The van der Waals surface area contributed by atoms with Gasteiger partial charge < -0.3 is 9.47 Å². The van der Waals surface area contributed by atoms with Gasteiger partial charge in [-0.25, -0.2) is 0 Å². The molecule has 0 aliphatic rings. The van der Waals surface area contributed by atoms with Gasteiger partial charge in [0, 0.05) is 17.3 Å². The normalized spacial score (nSPS) is 11.6. The van der Waals surface area contributed by atoms with Crippen molar-refractivity contribution >= 4 is 40.8 Å². The van der Waals surface area contributed by atoms with E-state index in [1.165, 1.54) is 25.5 Å². The van der Waals surface area contributed by atoms with Crippen LogP contribution in [0.4, 0.5) is 24.5 Å². The molecule has 0 fully saturated rings. The average Bonchev–Trinajstić information content (AvgIpc) is 2.75. The van der Waals surface area contributed by atoms with Crippen molar-refractivity contribution in [1.82, 2.24) is 0 Å². The van der Waals surface area contributed by atoms with Gasteiger partial charge in [-0.1, -0.05) is 29.3 Å². The third-order valence-electron chi connectivity index (χ3n) is 4.54. The van der Waals surface area contributed by atoms with Gasteiger partial charge in [0.2, 0.25) is 5.75 Å². The zero-order chi connectivity index (χ0) is 24.3. The smallest absolute Gasteiger partial charge is 0.416 e. The molecule has 0 bridgehead atoms. The van der Waals surface area contributed by atoms with Crippen LogP contribution in [-0.4, -0.2) is 18.2 Å². The predicted molar refractivity (Wildman–Crippen MR) is 120 cm³/mol. The Bertz CT molecular complexity index is 1250.